The first kappa shape index (κ1) is 8.06. The van der Waals surface area contributed by atoms with E-state index in [9.17, 15) is 4.79 Å². The van der Waals surface area contributed by atoms with Gasteiger partial charge in [0.2, 0.25) is 0 Å². The van der Waals surface area contributed by atoms with Crippen molar-refractivity contribution in [1.29, 1.82) is 5.26 Å². The zero-order valence-corrected chi connectivity index (χ0v) is 7.17. The molecule has 0 atom stereocenters. The first-order chi connectivity index (χ1) is 6.31. The molecule has 0 spiro atoms. The summed E-state index contributed by atoms with van der Waals surface area (Å²) in [5.41, 5.74) is 0.691. The van der Waals surface area contributed by atoms with E-state index >= 15 is 0 Å². The van der Waals surface area contributed by atoms with Gasteiger partial charge in [-0.05, 0) is 12.5 Å². The fourth-order valence-electron chi connectivity index (χ4n) is 1.62. The Labute approximate surface area is 76.0 Å². The second kappa shape index (κ2) is 3.06. The Bertz CT molecular complexity index is 384. The lowest BCUT2D eigenvalue weighted by Crippen LogP contribution is -2.07. The average molecular weight is 175 g/mol. The molecular formula is C10H9NO2. The number of furan rings is 1. The Hall–Kier alpha value is -1.56. The normalized spacial score (nSPS) is 15.2. The van der Waals surface area contributed by atoms with Crippen molar-refractivity contribution in [3.8, 4) is 6.07 Å². The van der Waals surface area contributed by atoms with Crippen LogP contribution in [0.1, 0.15) is 34.7 Å². The largest absolute Gasteiger partial charge is 0.464 e. The van der Waals surface area contributed by atoms with Crippen LogP contribution < -0.4 is 0 Å². The highest BCUT2D eigenvalue weighted by molar-refractivity contribution is 5.98. The molecule has 0 saturated carbocycles. The Balaban J connectivity index is 2.37. The topological polar surface area (TPSA) is 54.0 Å². The highest BCUT2D eigenvalue weighted by Gasteiger charge is 2.21. The lowest BCUT2D eigenvalue weighted by Gasteiger charge is -2.06. The number of rotatable bonds is 1. The van der Waals surface area contributed by atoms with Crippen molar-refractivity contribution in [1.82, 2.24) is 0 Å². The van der Waals surface area contributed by atoms with Gasteiger partial charge in [0.15, 0.2) is 5.78 Å². The average Bonchev–Trinajstić information content (AvgIpc) is 2.49. The summed E-state index contributed by atoms with van der Waals surface area (Å²) in [6.07, 6.45) is 2.55. The minimum Gasteiger partial charge on any atom is -0.464 e. The fraction of sp³-hybridized carbons (Fsp3) is 0.400. The third-order valence-electron chi connectivity index (χ3n) is 2.22. The van der Waals surface area contributed by atoms with E-state index in [4.69, 9.17) is 9.68 Å². The molecule has 3 nitrogen and oxygen atoms in total. The van der Waals surface area contributed by atoms with Crippen LogP contribution in [0, 0.1) is 11.3 Å². The van der Waals surface area contributed by atoms with E-state index in [0.717, 1.165) is 18.6 Å². The standard InChI is InChI=1S/C10H9NO2/c11-5-4-7-6-8-9(12)2-1-3-10(8)13-7/h6H,1-4H2. The van der Waals surface area contributed by atoms with Crippen molar-refractivity contribution in [2.75, 3.05) is 0 Å². The van der Waals surface area contributed by atoms with Gasteiger partial charge >= 0.3 is 0 Å². The Kier molecular flexibility index (Phi) is 1.90. The zero-order valence-electron chi connectivity index (χ0n) is 7.17. The van der Waals surface area contributed by atoms with Crippen molar-refractivity contribution >= 4 is 5.78 Å². The van der Waals surface area contributed by atoms with E-state index in [1.54, 1.807) is 6.07 Å². The molecule has 2 rings (SSSR count). The van der Waals surface area contributed by atoms with Crippen molar-refractivity contribution in [3.63, 3.8) is 0 Å². The second-order valence-corrected chi connectivity index (χ2v) is 3.16. The lowest BCUT2D eigenvalue weighted by atomic mass is 9.97. The molecule has 0 amide bonds. The summed E-state index contributed by atoms with van der Waals surface area (Å²) in [4.78, 5) is 11.4. The molecule has 0 fully saturated rings. The summed E-state index contributed by atoms with van der Waals surface area (Å²) >= 11 is 0. The van der Waals surface area contributed by atoms with Crippen LogP contribution in [0.25, 0.3) is 0 Å². The minimum atomic E-state index is 0.147. The van der Waals surface area contributed by atoms with Gasteiger partial charge in [0.1, 0.15) is 11.5 Å². The van der Waals surface area contributed by atoms with Crippen LogP contribution in [0.5, 0.6) is 0 Å². The Morgan fingerprint density at radius 1 is 1.54 bits per heavy atom. The maximum atomic E-state index is 11.4. The van der Waals surface area contributed by atoms with E-state index in [2.05, 4.69) is 0 Å². The van der Waals surface area contributed by atoms with E-state index < -0.39 is 0 Å². The molecule has 1 aliphatic rings. The molecule has 0 unspecified atom stereocenters. The number of carbonyl (C=O) groups excluding carboxylic acids is 1. The van der Waals surface area contributed by atoms with Crippen LogP contribution in [0.2, 0.25) is 0 Å². The van der Waals surface area contributed by atoms with Gasteiger partial charge in [-0.1, -0.05) is 0 Å². The van der Waals surface area contributed by atoms with Crippen molar-refractivity contribution < 1.29 is 9.21 Å². The summed E-state index contributed by atoms with van der Waals surface area (Å²) < 4.78 is 5.37. The van der Waals surface area contributed by atoms with E-state index in [1.807, 2.05) is 6.07 Å². The molecule has 0 N–H and O–H groups in total. The third kappa shape index (κ3) is 1.35. The van der Waals surface area contributed by atoms with Gasteiger partial charge in [-0.25, -0.2) is 0 Å². The first-order valence-electron chi connectivity index (χ1n) is 4.33. The van der Waals surface area contributed by atoms with Gasteiger partial charge in [-0.3, -0.25) is 4.79 Å². The van der Waals surface area contributed by atoms with Crippen LogP contribution in [0.4, 0.5) is 0 Å². The van der Waals surface area contributed by atoms with Gasteiger partial charge in [-0.2, -0.15) is 5.26 Å². The Morgan fingerprint density at radius 3 is 3.08 bits per heavy atom. The van der Waals surface area contributed by atoms with Crippen molar-refractivity contribution in [2.45, 2.75) is 25.7 Å². The van der Waals surface area contributed by atoms with Crippen LogP contribution >= 0.6 is 0 Å². The van der Waals surface area contributed by atoms with Gasteiger partial charge in [0.05, 0.1) is 18.1 Å². The molecule has 1 aromatic heterocycles. The van der Waals surface area contributed by atoms with Gasteiger partial charge in [-0.15, -0.1) is 0 Å². The number of fused-ring (bicyclic) bond motifs is 1. The molecule has 3 heteroatoms. The van der Waals surface area contributed by atoms with E-state index in [-0.39, 0.29) is 12.2 Å². The van der Waals surface area contributed by atoms with Crippen LogP contribution in [0.3, 0.4) is 0 Å². The predicted molar refractivity (Wildman–Crippen MR) is 45.3 cm³/mol. The first-order valence-corrected chi connectivity index (χ1v) is 4.33. The molecule has 13 heavy (non-hydrogen) atoms. The number of ketones is 1. The SMILES string of the molecule is N#CCc1cc2c(o1)CCCC2=O. The van der Waals surface area contributed by atoms with Gasteiger partial charge in [0.25, 0.3) is 0 Å². The number of hydrogen-bond donors (Lipinski definition) is 0. The summed E-state index contributed by atoms with van der Waals surface area (Å²) in [7, 11) is 0. The molecule has 66 valence electrons. The van der Waals surface area contributed by atoms with Crippen molar-refractivity contribution in [3.05, 3.63) is 23.2 Å². The number of hydrogen-bond acceptors (Lipinski definition) is 3. The number of nitriles is 1. The highest BCUT2D eigenvalue weighted by Crippen LogP contribution is 2.24. The number of aryl methyl sites for hydroxylation is 1. The number of nitrogens with zero attached hydrogens (tertiary/aromatic N) is 1. The number of Topliss-reactive ketones (excluding diaryl/α,β-unsaturated/α-hetero) is 1. The maximum absolute atomic E-state index is 11.4. The van der Waals surface area contributed by atoms with Crippen LogP contribution in [-0.2, 0) is 12.8 Å². The molecule has 1 aromatic rings. The Morgan fingerprint density at radius 2 is 2.38 bits per heavy atom. The quantitative estimate of drug-likeness (QED) is 0.654. The van der Waals surface area contributed by atoms with E-state index in [0.29, 0.717) is 17.7 Å². The van der Waals surface area contributed by atoms with Crippen LogP contribution in [-0.4, -0.2) is 5.78 Å². The molecule has 1 aliphatic carbocycles. The molecule has 0 aliphatic heterocycles. The summed E-state index contributed by atoms with van der Waals surface area (Å²) in [5.74, 6) is 1.53. The molecule has 0 aromatic carbocycles. The molecule has 1 heterocycles. The number of carbonyl (C=O) groups is 1. The van der Waals surface area contributed by atoms with Gasteiger partial charge < -0.3 is 4.42 Å². The summed E-state index contributed by atoms with van der Waals surface area (Å²) in [5, 5.41) is 8.45. The fourth-order valence-corrected chi connectivity index (χ4v) is 1.62. The molecule has 0 radical (unpaired) electrons. The highest BCUT2D eigenvalue weighted by atomic mass is 16.3. The monoisotopic (exact) mass is 175 g/mol. The lowest BCUT2D eigenvalue weighted by molar-refractivity contribution is 0.0969. The van der Waals surface area contributed by atoms with Crippen molar-refractivity contribution in [2.24, 2.45) is 0 Å². The molecule has 0 saturated heterocycles. The van der Waals surface area contributed by atoms with Crippen LogP contribution in [0.15, 0.2) is 10.5 Å². The summed E-state index contributed by atoms with van der Waals surface area (Å²) in [6.45, 7) is 0. The predicted octanol–water partition coefficient (Wildman–Crippen LogP) is 1.86. The van der Waals surface area contributed by atoms with E-state index in [1.165, 1.54) is 0 Å². The third-order valence-corrected chi connectivity index (χ3v) is 2.22. The summed E-state index contributed by atoms with van der Waals surface area (Å²) in [6, 6.07) is 3.71. The smallest absolute Gasteiger partial charge is 0.166 e. The minimum absolute atomic E-state index is 0.147. The maximum Gasteiger partial charge on any atom is 0.166 e. The molecule has 0 bridgehead atoms. The second-order valence-electron chi connectivity index (χ2n) is 3.16. The van der Waals surface area contributed by atoms with Gasteiger partial charge in [0, 0.05) is 12.8 Å². The zero-order chi connectivity index (χ0) is 9.26. The molecular weight excluding hydrogens is 166 g/mol.